The molecule has 0 aliphatic carbocycles. The molecule has 0 fully saturated rings. The molecule has 0 bridgehead atoms. The van der Waals surface area contributed by atoms with E-state index in [2.05, 4.69) is 31.2 Å². The van der Waals surface area contributed by atoms with E-state index in [1.54, 1.807) is 0 Å². The molecule has 0 heterocycles. The fraction of sp³-hybridized carbons (Fsp3) is 0.673. The van der Waals surface area contributed by atoms with Gasteiger partial charge in [-0.05, 0) is 63.9 Å². The lowest BCUT2D eigenvalue weighted by Crippen LogP contribution is -2.37. The van der Waals surface area contributed by atoms with E-state index in [1.165, 1.54) is 69.8 Å². The van der Waals surface area contributed by atoms with Crippen LogP contribution in [0.3, 0.4) is 0 Å². The predicted molar refractivity (Wildman–Crippen MR) is 254 cm³/mol. The number of quaternary nitrogens is 1. The van der Waals surface area contributed by atoms with E-state index in [1.807, 2.05) is 64.5 Å². The molecule has 356 valence electrons. The highest BCUT2D eigenvalue weighted by Gasteiger charge is 2.22. The highest BCUT2D eigenvalue weighted by Crippen LogP contribution is 2.38. The Hall–Kier alpha value is -3.14. The van der Waals surface area contributed by atoms with Crippen molar-refractivity contribution in [3.8, 4) is 0 Å². The van der Waals surface area contributed by atoms with Gasteiger partial charge in [-0.2, -0.15) is 0 Å². The topological polar surface area (TPSA) is 128 Å². The van der Waals surface area contributed by atoms with Gasteiger partial charge in [0.25, 0.3) is 7.82 Å². The van der Waals surface area contributed by atoms with Crippen LogP contribution in [0.2, 0.25) is 0 Å². The lowest BCUT2D eigenvalue weighted by Gasteiger charge is -2.28. The average molecular weight is 898 g/mol. The van der Waals surface area contributed by atoms with E-state index in [0.717, 1.165) is 81.8 Å². The van der Waals surface area contributed by atoms with E-state index >= 15 is 0 Å². The molecule has 0 aromatic heterocycles. The van der Waals surface area contributed by atoms with Crippen molar-refractivity contribution in [2.24, 2.45) is 0 Å². The third-order valence-corrected chi connectivity index (χ3v) is 12.1. The second kappa shape index (κ2) is 34.2. The summed E-state index contributed by atoms with van der Waals surface area (Å²) in [6.07, 6.45) is 29.6. The van der Waals surface area contributed by atoms with Crippen molar-refractivity contribution in [1.29, 1.82) is 0 Å². The van der Waals surface area contributed by atoms with E-state index < -0.39 is 32.5 Å². The number of carbonyl (C=O) groups is 3. The number of ketones is 1. The fourth-order valence-corrected chi connectivity index (χ4v) is 7.86. The Morgan fingerprint density at radius 2 is 1.10 bits per heavy atom. The predicted octanol–water partition coefficient (Wildman–Crippen LogP) is 12.4. The zero-order chi connectivity index (χ0) is 46.0. The minimum atomic E-state index is -4.65. The van der Waals surface area contributed by atoms with Crippen molar-refractivity contribution in [3.63, 3.8) is 0 Å². The number of benzene rings is 2. The summed E-state index contributed by atoms with van der Waals surface area (Å²) in [4.78, 5) is 50.5. The van der Waals surface area contributed by atoms with Gasteiger partial charge in [0.15, 0.2) is 11.9 Å². The van der Waals surface area contributed by atoms with Gasteiger partial charge in [0.2, 0.25) is 0 Å². The zero-order valence-electron chi connectivity index (χ0n) is 39.9. The van der Waals surface area contributed by atoms with Gasteiger partial charge in [-0.25, -0.2) is 0 Å². The summed E-state index contributed by atoms with van der Waals surface area (Å²) in [5, 5.41) is 0. The van der Waals surface area contributed by atoms with Gasteiger partial charge >= 0.3 is 11.9 Å². The first-order valence-electron chi connectivity index (χ1n) is 24.4. The van der Waals surface area contributed by atoms with Crippen molar-refractivity contribution in [3.05, 3.63) is 82.9 Å². The highest BCUT2D eigenvalue weighted by atomic mass is 31.2. The summed E-state index contributed by atoms with van der Waals surface area (Å²) in [5.41, 5.74) is 3.83. The van der Waals surface area contributed by atoms with E-state index in [4.69, 9.17) is 18.5 Å². The Morgan fingerprint density at radius 3 is 1.63 bits per heavy atom. The molecule has 0 saturated heterocycles. The first-order valence-corrected chi connectivity index (χ1v) is 25.8. The fourth-order valence-electron chi connectivity index (χ4n) is 7.13. The molecule has 0 amide bonds. The molecule has 11 heteroatoms. The van der Waals surface area contributed by atoms with Gasteiger partial charge in [0.05, 0.1) is 27.7 Å². The maximum absolute atomic E-state index is 12.7. The van der Waals surface area contributed by atoms with Crippen LogP contribution in [0.4, 0.5) is 0 Å². The smallest absolute Gasteiger partial charge is 0.306 e. The van der Waals surface area contributed by atoms with Crippen LogP contribution in [0.25, 0.3) is 0 Å². The number of phosphoric acid groups is 1. The van der Waals surface area contributed by atoms with Crippen molar-refractivity contribution < 1.29 is 46.8 Å². The number of aryl methyl sites for hydroxylation is 2. The third-order valence-electron chi connectivity index (χ3n) is 11.2. The summed E-state index contributed by atoms with van der Waals surface area (Å²) in [6, 6.07) is 15.7. The largest absolute Gasteiger partial charge is 0.756 e. The molecule has 2 aromatic rings. The highest BCUT2D eigenvalue weighted by molar-refractivity contribution is 7.45. The van der Waals surface area contributed by atoms with Gasteiger partial charge in [-0.1, -0.05) is 169 Å². The number of nitrogens with zero attached hydrogens (tertiary/aromatic N) is 1. The second-order valence-corrected chi connectivity index (χ2v) is 19.7. The van der Waals surface area contributed by atoms with E-state index in [-0.39, 0.29) is 31.8 Å². The molecular formula is C52H84NO9P. The van der Waals surface area contributed by atoms with Crippen LogP contribution in [-0.2, 0) is 39.1 Å². The van der Waals surface area contributed by atoms with Gasteiger partial charge in [0.1, 0.15) is 19.8 Å². The number of allylic oxidation sites excluding steroid dienone is 2. The van der Waals surface area contributed by atoms with E-state index in [0.29, 0.717) is 29.4 Å². The Balaban J connectivity index is 1.59. The number of hydrogen-bond acceptors (Lipinski definition) is 9. The summed E-state index contributed by atoms with van der Waals surface area (Å²) in [5.74, 6) is -0.827. The van der Waals surface area contributed by atoms with Crippen molar-refractivity contribution in [1.82, 2.24) is 0 Å². The number of unbranched alkanes of at least 4 members (excludes halogenated alkanes) is 19. The quantitative estimate of drug-likeness (QED) is 0.0161. The Morgan fingerprint density at radius 1 is 0.619 bits per heavy atom. The minimum absolute atomic E-state index is 0.0452. The standard InChI is InChI=1S/C52H84NO9P/c1-6-7-8-9-10-11-12-13-14-15-16-19-23-26-29-32-51(55)62-49(44-61-63(57,58)60-42-41-53(3,4)5)43-59-50(54)31-28-25-22-20-17-18-21-24-27-30-46-35-39-48(40-36-46)52(56)47-37-33-45(2)34-38-47/h13-14,33-40,49H,6-12,15-32,41-44H2,1-5H3/b14-13-/t49-/m1/s1. The van der Waals surface area contributed by atoms with Crippen LogP contribution in [0.15, 0.2) is 60.7 Å². The lowest BCUT2D eigenvalue weighted by atomic mass is 9.99. The van der Waals surface area contributed by atoms with Crippen LogP contribution in [0.5, 0.6) is 0 Å². The van der Waals surface area contributed by atoms with Crippen LogP contribution in [0, 0.1) is 6.92 Å². The van der Waals surface area contributed by atoms with Gasteiger partial charge in [-0.3, -0.25) is 18.9 Å². The SMILES string of the molecule is CCCCCCCC/C=C\CCCCCCCC(=O)O[C@H](COC(=O)CCCCCCCCCCCc1ccc(C(=O)c2ccc(C)cc2)cc1)COP(=O)([O-])OCC[N+](C)(C)C. The molecule has 2 atom stereocenters. The Labute approximate surface area is 382 Å². The molecule has 1 unspecified atom stereocenters. The molecule has 63 heavy (non-hydrogen) atoms. The van der Waals surface area contributed by atoms with Crippen molar-refractivity contribution >= 4 is 25.5 Å². The number of ether oxygens (including phenoxy) is 2. The summed E-state index contributed by atoms with van der Waals surface area (Å²) in [6.45, 7) is 3.90. The number of phosphoric ester groups is 1. The number of esters is 2. The molecular weight excluding hydrogens is 814 g/mol. The molecule has 2 aromatic carbocycles. The number of likely N-dealkylation sites (N-methyl/N-ethyl adjacent to an activating group) is 1. The first-order chi connectivity index (χ1) is 30.3. The maximum atomic E-state index is 12.7. The zero-order valence-corrected chi connectivity index (χ0v) is 40.8. The summed E-state index contributed by atoms with van der Waals surface area (Å²) >= 11 is 0. The normalized spacial score (nSPS) is 13.2. The first kappa shape index (κ1) is 56.0. The van der Waals surface area contributed by atoms with Crippen molar-refractivity contribution in [2.45, 2.75) is 180 Å². The van der Waals surface area contributed by atoms with Crippen LogP contribution in [0.1, 0.15) is 188 Å². The Kier molecular flexibility index (Phi) is 30.4. The molecule has 0 N–H and O–H groups in total. The van der Waals surface area contributed by atoms with Crippen LogP contribution >= 0.6 is 7.82 Å². The second-order valence-electron chi connectivity index (χ2n) is 18.3. The number of rotatable bonds is 39. The van der Waals surface area contributed by atoms with Crippen LogP contribution < -0.4 is 4.89 Å². The molecule has 2 rings (SSSR count). The van der Waals surface area contributed by atoms with Gasteiger partial charge in [-0.15, -0.1) is 0 Å². The molecule has 0 spiro atoms. The minimum Gasteiger partial charge on any atom is -0.756 e. The average Bonchev–Trinajstić information content (AvgIpc) is 3.24. The lowest BCUT2D eigenvalue weighted by molar-refractivity contribution is -0.870. The summed E-state index contributed by atoms with van der Waals surface area (Å²) < 4.78 is 34.0. The van der Waals surface area contributed by atoms with E-state index in [9.17, 15) is 23.8 Å². The van der Waals surface area contributed by atoms with Gasteiger partial charge < -0.3 is 27.9 Å². The molecule has 10 nitrogen and oxygen atoms in total. The molecule has 0 saturated carbocycles. The molecule has 0 radical (unpaired) electrons. The molecule has 0 aliphatic heterocycles. The summed E-state index contributed by atoms with van der Waals surface area (Å²) in [7, 11) is 1.12. The number of carbonyl (C=O) groups excluding carboxylic acids is 3. The molecule has 0 aliphatic rings. The number of hydrogen-bond donors (Lipinski definition) is 0. The monoisotopic (exact) mass is 898 g/mol. The maximum Gasteiger partial charge on any atom is 0.306 e. The van der Waals surface area contributed by atoms with Crippen molar-refractivity contribution in [2.75, 3.05) is 47.5 Å². The van der Waals surface area contributed by atoms with Crippen LogP contribution in [-0.4, -0.2) is 75.8 Å². The third kappa shape index (κ3) is 30.6. The Bertz CT molecular complexity index is 1590. The van der Waals surface area contributed by atoms with Gasteiger partial charge in [0, 0.05) is 24.0 Å².